The summed E-state index contributed by atoms with van der Waals surface area (Å²) in [6.45, 7) is 6.14. The lowest BCUT2D eigenvalue weighted by atomic mass is 9.88. The van der Waals surface area contributed by atoms with Crippen LogP contribution in [0.3, 0.4) is 0 Å². The number of nitrogens with one attached hydrogen (secondary N) is 1. The summed E-state index contributed by atoms with van der Waals surface area (Å²) in [6, 6.07) is 4.58. The smallest absolute Gasteiger partial charge is 0.326 e. The number of hydrogen-bond donors (Lipinski definition) is 2. The van der Waals surface area contributed by atoms with Crippen molar-refractivity contribution in [2.24, 2.45) is 5.41 Å². The first kappa shape index (κ1) is 20.8. The molecule has 0 fully saturated rings. The van der Waals surface area contributed by atoms with E-state index in [2.05, 4.69) is 5.32 Å². The molecule has 1 aromatic rings. The Morgan fingerprint density at radius 3 is 2.12 bits per heavy atom. The number of methoxy groups -OCH3 is 2. The minimum absolute atomic E-state index is 0.0234. The molecule has 0 heterocycles. The summed E-state index contributed by atoms with van der Waals surface area (Å²) >= 11 is 0. The number of hydrogen-bond acceptors (Lipinski definition) is 4. The van der Waals surface area contributed by atoms with Gasteiger partial charge in [-0.2, -0.15) is 0 Å². The number of benzene rings is 1. The van der Waals surface area contributed by atoms with Gasteiger partial charge in [0.2, 0.25) is 5.91 Å². The molecule has 6 nitrogen and oxygen atoms in total. The zero-order chi connectivity index (χ0) is 19.0. The lowest BCUT2D eigenvalue weighted by Crippen LogP contribution is -2.41. The number of rotatable bonds is 9. The molecule has 1 amide bonds. The van der Waals surface area contributed by atoms with Gasteiger partial charge in [0, 0.05) is 12.5 Å². The first-order valence-corrected chi connectivity index (χ1v) is 8.38. The second kappa shape index (κ2) is 9.30. The molecule has 1 rings (SSSR count). The maximum absolute atomic E-state index is 12.1. The van der Waals surface area contributed by atoms with Crippen LogP contribution in [0.25, 0.3) is 0 Å². The Balaban J connectivity index is 2.61. The molecule has 140 valence electrons. The highest BCUT2D eigenvalue weighted by molar-refractivity contribution is 5.83. The summed E-state index contributed by atoms with van der Waals surface area (Å²) in [4.78, 5) is 23.5. The average Bonchev–Trinajstić information content (AvgIpc) is 2.55. The van der Waals surface area contributed by atoms with Crippen molar-refractivity contribution in [2.45, 2.75) is 52.5 Å². The van der Waals surface area contributed by atoms with E-state index in [1.165, 1.54) is 0 Å². The van der Waals surface area contributed by atoms with E-state index in [1.807, 2.05) is 32.9 Å². The van der Waals surface area contributed by atoms with Gasteiger partial charge in [-0.25, -0.2) is 4.79 Å². The fourth-order valence-corrected chi connectivity index (χ4v) is 2.37. The van der Waals surface area contributed by atoms with E-state index >= 15 is 0 Å². The summed E-state index contributed by atoms with van der Waals surface area (Å²) in [5.74, 6) is 0.0374. The van der Waals surface area contributed by atoms with Crippen molar-refractivity contribution in [1.82, 2.24) is 5.32 Å². The van der Waals surface area contributed by atoms with Crippen molar-refractivity contribution in [1.29, 1.82) is 0 Å². The number of carboxylic acids is 1. The van der Waals surface area contributed by atoms with Gasteiger partial charge in [-0.3, -0.25) is 4.79 Å². The van der Waals surface area contributed by atoms with Crippen LogP contribution in [0.1, 0.15) is 45.6 Å². The molecule has 1 unspecified atom stereocenters. The van der Waals surface area contributed by atoms with E-state index < -0.39 is 12.0 Å². The monoisotopic (exact) mass is 351 g/mol. The molecule has 0 spiro atoms. The topological polar surface area (TPSA) is 84.9 Å². The van der Waals surface area contributed by atoms with Crippen LogP contribution in [-0.4, -0.2) is 37.2 Å². The Morgan fingerprint density at radius 2 is 1.68 bits per heavy atom. The van der Waals surface area contributed by atoms with Gasteiger partial charge in [-0.05, 0) is 42.4 Å². The lowest BCUT2D eigenvalue weighted by molar-refractivity contribution is -0.142. The Labute approximate surface area is 149 Å². The van der Waals surface area contributed by atoms with Gasteiger partial charge in [-0.1, -0.05) is 20.8 Å². The number of ether oxygens (including phenoxy) is 2. The molecule has 0 saturated carbocycles. The average molecular weight is 351 g/mol. The number of aryl methyl sites for hydroxylation is 1. The minimum atomic E-state index is -0.999. The Morgan fingerprint density at radius 1 is 1.12 bits per heavy atom. The zero-order valence-corrected chi connectivity index (χ0v) is 15.7. The Hall–Kier alpha value is -2.24. The van der Waals surface area contributed by atoms with Gasteiger partial charge in [0.05, 0.1) is 14.2 Å². The van der Waals surface area contributed by atoms with Crippen molar-refractivity contribution >= 4 is 11.9 Å². The second-order valence-electron chi connectivity index (χ2n) is 7.28. The number of carbonyl (C=O) groups is 2. The highest BCUT2D eigenvalue weighted by atomic mass is 16.5. The molecule has 0 aliphatic carbocycles. The summed E-state index contributed by atoms with van der Waals surface area (Å²) < 4.78 is 10.4. The van der Waals surface area contributed by atoms with Gasteiger partial charge in [0.15, 0.2) is 0 Å². The van der Waals surface area contributed by atoms with Crippen molar-refractivity contribution in [3.8, 4) is 11.5 Å². The Kier molecular flexibility index (Phi) is 7.74. The fourth-order valence-electron chi connectivity index (χ4n) is 2.37. The van der Waals surface area contributed by atoms with Crippen molar-refractivity contribution in [2.75, 3.05) is 14.2 Å². The van der Waals surface area contributed by atoms with Crippen LogP contribution in [-0.2, 0) is 16.0 Å². The van der Waals surface area contributed by atoms with Crippen molar-refractivity contribution < 1.29 is 24.2 Å². The second-order valence-corrected chi connectivity index (χ2v) is 7.28. The molecule has 25 heavy (non-hydrogen) atoms. The summed E-state index contributed by atoms with van der Waals surface area (Å²) in [5, 5.41) is 11.9. The Bertz CT molecular complexity index is 570. The normalized spacial score (nSPS) is 12.4. The molecule has 0 radical (unpaired) electrons. The van der Waals surface area contributed by atoms with Crippen molar-refractivity contribution in [3.05, 3.63) is 23.8 Å². The fraction of sp³-hybridized carbons (Fsp3) is 0.579. The number of amides is 1. The first-order chi connectivity index (χ1) is 11.6. The quantitative estimate of drug-likeness (QED) is 0.714. The summed E-state index contributed by atoms with van der Waals surface area (Å²) in [6.07, 6.45) is 1.81. The van der Waals surface area contributed by atoms with Gasteiger partial charge in [-0.15, -0.1) is 0 Å². The van der Waals surface area contributed by atoms with Crippen LogP contribution < -0.4 is 14.8 Å². The molecule has 0 aromatic heterocycles. The maximum Gasteiger partial charge on any atom is 0.326 e. The van der Waals surface area contributed by atoms with Gasteiger partial charge in [0.1, 0.15) is 17.5 Å². The first-order valence-electron chi connectivity index (χ1n) is 8.38. The number of carbonyl (C=O) groups excluding carboxylic acids is 1. The van der Waals surface area contributed by atoms with Gasteiger partial charge >= 0.3 is 5.97 Å². The van der Waals surface area contributed by atoms with Crippen LogP contribution in [0.2, 0.25) is 0 Å². The third-order valence-corrected chi connectivity index (χ3v) is 3.87. The highest BCUT2D eigenvalue weighted by Crippen LogP contribution is 2.24. The van der Waals surface area contributed by atoms with E-state index in [9.17, 15) is 14.7 Å². The van der Waals surface area contributed by atoms with E-state index in [-0.39, 0.29) is 17.7 Å². The number of aliphatic carboxylic acids is 1. The zero-order valence-electron chi connectivity index (χ0n) is 15.7. The predicted octanol–water partition coefficient (Wildman–Crippen LogP) is 3.03. The molecular formula is C19H29NO5. The van der Waals surface area contributed by atoms with Crippen LogP contribution in [0.4, 0.5) is 0 Å². The number of carboxylic acid groups (broad SMARTS) is 1. The van der Waals surface area contributed by atoms with Crippen LogP contribution in [0, 0.1) is 5.41 Å². The van der Waals surface area contributed by atoms with Crippen LogP contribution >= 0.6 is 0 Å². The maximum atomic E-state index is 12.1. The molecular weight excluding hydrogens is 322 g/mol. The van der Waals surface area contributed by atoms with Gasteiger partial charge in [0.25, 0.3) is 0 Å². The standard InChI is InChI=1S/C19H29NO5/c1-19(2,3)9-8-16(18(22)23)20-17(21)7-6-13-10-14(24-4)12-15(11-13)25-5/h10-12,16H,6-9H2,1-5H3,(H,20,21)(H,22,23). The van der Waals surface area contributed by atoms with Crippen LogP contribution in [0.15, 0.2) is 18.2 Å². The van der Waals surface area contributed by atoms with Gasteiger partial charge < -0.3 is 19.9 Å². The van der Waals surface area contributed by atoms with E-state index in [1.54, 1.807) is 20.3 Å². The van der Waals surface area contributed by atoms with E-state index in [4.69, 9.17) is 9.47 Å². The molecule has 0 aliphatic rings. The molecule has 0 bridgehead atoms. The third kappa shape index (κ3) is 7.92. The summed E-state index contributed by atoms with van der Waals surface area (Å²) in [7, 11) is 3.13. The molecule has 1 atom stereocenters. The summed E-state index contributed by atoms with van der Waals surface area (Å²) in [5.41, 5.74) is 0.920. The van der Waals surface area contributed by atoms with Crippen LogP contribution in [0.5, 0.6) is 11.5 Å². The van der Waals surface area contributed by atoms with Crippen molar-refractivity contribution in [3.63, 3.8) is 0 Å². The van der Waals surface area contributed by atoms with E-state index in [0.717, 1.165) is 12.0 Å². The largest absolute Gasteiger partial charge is 0.497 e. The molecule has 0 aliphatic heterocycles. The molecule has 0 saturated heterocycles. The molecule has 1 aromatic carbocycles. The van der Waals surface area contributed by atoms with E-state index in [0.29, 0.717) is 24.3 Å². The predicted molar refractivity (Wildman–Crippen MR) is 96.1 cm³/mol. The SMILES string of the molecule is COc1cc(CCC(=O)NC(CCC(C)(C)C)C(=O)O)cc(OC)c1. The lowest BCUT2D eigenvalue weighted by Gasteiger charge is -2.21. The molecule has 2 N–H and O–H groups in total. The third-order valence-electron chi connectivity index (χ3n) is 3.87. The molecule has 6 heteroatoms. The highest BCUT2D eigenvalue weighted by Gasteiger charge is 2.22. The minimum Gasteiger partial charge on any atom is -0.497 e.